The fourth-order valence-electron chi connectivity index (χ4n) is 3.30. The first-order chi connectivity index (χ1) is 10.9. The Kier molecular flexibility index (Phi) is 6.19. The van der Waals surface area contributed by atoms with Crippen molar-refractivity contribution in [3.63, 3.8) is 0 Å². The van der Waals surface area contributed by atoms with Crippen LogP contribution in [0.5, 0.6) is 0 Å². The van der Waals surface area contributed by atoms with Gasteiger partial charge in [-0.2, -0.15) is 0 Å². The molecule has 1 heterocycles. The third kappa shape index (κ3) is 5.96. The van der Waals surface area contributed by atoms with E-state index in [0.717, 1.165) is 25.2 Å². The van der Waals surface area contributed by atoms with Crippen LogP contribution in [-0.2, 0) is 6.54 Å². The van der Waals surface area contributed by atoms with Crippen LogP contribution in [-0.4, -0.2) is 41.7 Å². The Morgan fingerprint density at radius 1 is 1.35 bits per heavy atom. The molecule has 0 radical (unpaired) electrons. The van der Waals surface area contributed by atoms with E-state index >= 15 is 0 Å². The van der Waals surface area contributed by atoms with Crippen molar-refractivity contribution in [3.05, 3.63) is 35.4 Å². The zero-order valence-corrected chi connectivity index (χ0v) is 14.6. The summed E-state index contributed by atoms with van der Waals surface area (Å²) < 4.78 is 0. The molecular formula is C19H30N2O2. The van der Waals surface area contributed by atoms with Gasteiger partial charge in [0.2, 0.25) is 0 Å². The number of nitrogens with zero attached hydrogens (tertiary/aromatic N) is 1. The van der Waals surface area contributed by atoms with Gasteiger partial charge < -0.3 is 10.4 Å². The predicted octanol–water partition coefficient (Wildman–Crippen LogP) is 2.81. The molecule has 0 bridgehead atoms. The lowest BCUT2D eigenvalue weighted by Crippen LogP contribution is -2.35. The molecule has 1 aromatic carbocycles. The van der Waals surface area contributed by atoms with Gasteiger partial charge in [0.15, 0.2) is 0 Å². The number of nitrogens with one attached hydrogen (secondary N) is 1. The summed E-state index contributed by atoms with van der Waals surface area (Å²) >= 11 is 0. The number of hydrogen-bond acceptors (Lipinski definition) is 3. The van der Waals surface area contributed by atoms with Crippen LogP contribution < -0.4 is 5.32 Å². The molecule has 4 nitrogen and oxygen atoms in total. The first-order valence-electron chi connectivity index (χ1n) is 8.63. The third-order valence-electron chi connectivity index (χ3n) is 4.37. The minimum atomic E-state index is -0.356. The lowest BCUT2D eigenvalue weighted by atomic mass is 9.87. The average molecular weight is 318 g/mol. The van der Waals surface area contributed by atoms with E-state index in [0.29, 0.717) is 13.0 Å². The van der Waals surface area contributed by atoms with Crippen molar-refractivity contribution in [2.24, 2.45) is 5.41 Å². The Bertz CT molecular complexity index is 520. The largest absolute Gasteiger partial charge is 0.393 e. The zero-order chi connectivity index (χ0) is 16.9. The molecule has 0 aromatic heterocycles. The Morgan fingerprint density at radius 3 is 2.70 bits per heavy atom. The van der Waals surface area contributed by atoms with Crippen LogP contribution in [0.1, 0.15) is 56.0 Å². The first kappa shape index (κ1) is 18.0. The third-order valence-corrected chi connectivity index (χ3v) is 4.37. The maximum absolute atomic E-state index is 12.4. The minimum absolute atomic E-state index is 0.0352. The number of aliphatic hydroxyl groups excluding tert-OH is 1. The van der Waals surface area contributed by atoms with Crippen LogP contribution in [0.15, 0.2) is 24.3 Å². The molecule has 0 spiro atoms. The molecular weight excluding hydrogens is 288 g/mol. The molecule has 2 N–H and O–H groups in total. The van der Waals surface area contributed by atoms with Crippen molar-refractivity contribution < 1.29 is 9.90 Å². The molecule has 1 atom stereocenters. The lowest BCUT2D eigenvalue weighted by Gasteiger charge is -2.26. The highest BCUT2D eigenvalue weighted by molar-refractivity contribution is 5.94. The van der Waals surface area contributed by atoms with E-state index in [9.17, 15) is 9.90 Å². The standard InChI is InChI=1S/C19H30N2O2/c1-15(22)12-19(2,3)14-20-18(23)17-8-6-7-16(11-17)13-21-9-4-5-10-21/h6-8,11,15,22H,4-5,9-10,12-14H2,1-3H3,(H,20,23). The number of carbonyl (C=O) groups is 1. The highest BCUT2D eigenvalue weighted by atomic mass is 16.3. The van der Waals surface area contributed by atoms with Gasteiger partial charge in [0, 0.05) is 18.7 Å². The molecule has 1 aliphatic rings. The van der Waals surface area contributed by atoms with Gasteiger partial charge in [-0.05, 0) is 62.4 Å². The van der Waals surface area contributed by atoms with E-state index in [1.54, 1.807) is 6.92 Å². The van der Waals surface area contributed by atoms with E-state index < -0.39 is 0 Å². The van der Waals surface area contributed by atoms with Gasteiger partial charge >= 0.3 is 0 Å². The van der Waals surface area contributed by atoms with Crippen molar-refractivity contribution in [2.75, 3.05) is 19.6 Å². The smallest absolute Gasteiger partial charge is 0.251 e. The zero-order valence-electron chi connectivity index (χ0n) is 14.6. The second-order valence-electron chi connectivity index (χ2n) is 7.58. The SMILES string of the molecule is CC(O)CC(C)(C)CNC(=O)c1cccc(CN2CCCC2)c1. The second-order valence-corrected chi connectivity index (χ2v) is 7.58. The molecule has 1 amide bonds. The van der Waals surface area contributed by atoms with Crippen molar-refractivity contribution in [1.82, 2.24) is 10.2 Å². The fraction of sp³-hybridized carbons (Fsp3) is 0.632. The summed E-state index contributed by atoms with van der Waals surface area (Å²) in [4.78, 5) is 14.8. The Labute approximate surface area is 139 Å². The predicted molar refractivity (Wildman–Crippen MR) is 93.4 cm³/mol. The normalized spacial score (nSPS) is 17.2. The van der Waals surface area contributed by atoms with Gasteiger partial charge in [-0.1, -0.05) is 26.0 Å². The molecule has 1 saturated heterocycles. The van der Waals surface area contributed by atoms with Gasteiger partial charge in [-0.15, -0.1) is 0 Å². The molecule has 128 valence electrons. The summed E-state index contributed by atoms with van der Waals surface area (Å²) in [7, 11) is 0. The molecule has 0 saturated carbocycles. The van der Waals surface area contributed by atoms with Crippen LogP contribution >= 0.6 is 0 Å². The second kappa shape index (κ2) is 7.93. The Hall–Kier alpha value is -1.39. The van der Waals surface area contributed by atoms with E-state index in [4.69, 9.17) is 0 Å². The van der Waals surface area contributed by atoms with Crippen molar-refractivity contribution in [3.8, 4) is 0 Å². The number of rotatable bonds is 7. The van der Waals surface area contributed by atoms with E-state index in [1.807, 2.05) is 18.2 Å². The van der Waals surface area contributed by atoms with Crippen LogP contribution in [0.3, 0.4) is 0 Å². The molecule has 1 unspecified atom stereocenters. The molecule has 0 aliphatic carbocycles. The maximum Gasteiger partial charge on any atom is 0.251 e. The number of amides is 1. The number of likely N-dealkylation sites (tertiary alicyclic amines) is 1. The summed E-state index contributed by atoms with van der Waals surface area (Å²) in [6.07, 6.45) is 2.87. The van der Waals surface area contributed by atoms with E-state index in [1.165, 1.54) is 18.4 Å². The van der Waals surface area contributed by atoms with Crippen molar-refractivity contribution in [1.29, 1.82) is 0 Å². The Morgan fingerprint density at radius 2 is 2.04 bits per heavy atom. The highest BCUT2D eigenvalue weighted by Gasteiger charge is 2.21. The van der Waals surface area contributed by atoms with Gasteiger partial charge in [0.25, 0.3) is 5.91 Å². The fourth-order valence-corrected chi connectivity index (χ4v) is 3.30. The van der Waals surface area contributed by atoms with Gasteiger partial charge in [-0.3, -0.25) is 9.69 Å². The quantitative estimate of drug-likeness (QED) is 0.813. The number of aliphatic hydroxyl groups is 1. The summed E-state index contributed by atoms with van der Waals surface area (Å²) in [6.45, 7) is 9.70. The number of carbonyl (C=O) groups excluding carboxylic acids is 1. The lowest BCUT2D eigenvalue weighted by molar-refractivity contribution is 0.0902. The number of hydrogen-bond donors (Lipinski definition) is 2. The van der Waals surface area contributed by atoms with Gasteiger partial charge in [0.05, 0.1) is 6.10 Å². The maximum atomic E-state index is 12.4. The minimum Gasteiger partial charge on any atom is -0.393 e. The number of benzene rings is 1. The topological polar surface area (TPSA) is 52.6 Å². The van der Waals surface area contributed by atoms with Crippen LogP contribution in [0.4, 0.5) is 0 Å². The van der Waals surface area contributed by atoms with Crippen LogP contribution in [0.25, 0.3) is 0 Å². The van der Waals surface area contributed by atoms with E-state index in [2.05, 4.69) is 30.1 Å². The van der Waals surface area contributed by atoms with E-state index in [-0.39, 0.29) is 17.4 Å². The summed E-state index contributed by atoms with van der Waals surface area (Å²) in [5, 5.41) is 12.5. The van der Waals surface area contributed by atoms with Crippen molar-refractivity contribution in [2.45, 2.75) is 52.7 Å². The molecule has 23 heavy (non-hydrogen) atoms. The first-order valence-corrected chi connectivity index (χ1v) is 8.63. The monoisotopic (exact) mass is 318 g/mol. The summed E-state index contributed by atoms with van der Waals surface area (Å²) in [5.41, 5.74) is 1.80. The van der Waals surface area contributed by atoms with Crippen LogP contribution in [0, 0.1) is 5.41 Å². The Balaban J connectivity index is 1.91. The van der Waals surface area contributed by atoms with Crippen molar-refractivity contribution >= 4 is 5.91 Å². The summed E-state index contributed by atoms with van der Waals surface area (Å²) in [6, 6.07) is 7.91. The van der Waals surface area contributed by atoms with Gasteiger partial charge in [-0.25, -0.2) is 0 Å². The average Bonchev–Trinajstić information content (AvgIpc) is 2.97. The molecule has 4 heteroatoms. The molecule has 2 rings (SSSR count). The molecule has 1 fully saturated rings. The van der Waals surface area contributed by atoms with Gasteiger partial charge in [0.1, 0.15) is 0 Å². The molecule has 1 aromatic rings. The highest BCUT2D eigenvalue weighted by Crippen LogP contribution is 2.21. The van der Waals surface area contributed by atoms with Crippen LogP contribution in [0.2, 0.25) is 0 Å². The molecule has 1 aliphatic heterocycles. The summed E-state index contributed by atoms with van der Waals surface area (Å²) in [5.74, 6) is -0.0352.